The second-order valence-electron chi connectivity index (χ2n) is 2.25. The topological polar surface area (TPSA) is 38.0 Å². The van der Waals surface area contributed by atoms with Gasteiger partial charge in [0, 0.05) is 0 Å². The Hall–Kier alpha value is -0.0800. The van der Waals surface area contributed by atoms with Gasteiger partial charge in [-0.2, -0.15) is 0 Å². The van der Waals surface area contributed by atoms with Crippen LogP contribution in [0.25, 0.3) is 0 Å². The molecule has 0 fully saturated rings. The van der Waals surface area contributed by atoms with E-state index in [4.69, 9.17) is 5.73 Å². The van der Waals surface area contributed by atoms with E-state index in [1.165, 1.54) is 12.8 Å². The average molecular weight is 146 g/mol. The molecule has 64 valence electrons. The van der Waals surface area contributed by atoms with Crippen LogP contribution in [0.2, 0.25) is 0 Å². The molecule has 0 aliphatic rings. The second-order valence-corrected chi connectivity index (χ2v) is 2.25. The molecule has 0 amide bonds. The zero-order valence-corrected chi connectivity index (χ0v) is 7.61. The summed E-state index contributed by atoms with van der Waals surface area (Å²) in [7, 11) is 1.93. The summed E-state index contributed by atoms with van der Waals surface area (Å²) >= 11 is 0. The minimum atomic E-state index is 0.792. The average Bonchev–Trinajstić information content (AvgIpc) is 2.01. The molecule has 0 saturated heterocycles. The lowest BCUT2D eigenvalue weighted by molar-refractivity contribution is 0.733. The molecule has 0 aromatic carbocycles. The highest BCUT2D eigenvalue weighted by Gasteiger charge is 1.73. The number of rotatable bonds is 4. The highest BCUT2D eigenvalue weighted by molar-refractivity contribution is 4.38. The van der Waals surface area contributed by atoms with Gasteiger partial charge in [-0.05, 0) is 26.6 Å². The summed E-state index contributed by atoms with van der Waals surface area (Å²) < 4.78 is 0. The molecule has 0 saturated carbocycles. The molecule has 2 nitrogen and oxygen atoms in total. The number of unbranched alkanes of at least 4 members (excludes halogenated alkanes) is 1. The van der Waals surface area contributed by atoms with Crippen LogP contribution in [0, 0.1) is 0 Å². The first-order chi connectivity index (χ1) is 4.83. The summed E-state index contributed by atoms with van der Waals surface area (Å²) in [6.45, 7) is 6.19. The first kappa shape index (κ1) is 12.6. The van der Waals surface area contributed by atoms with Gasteiger partial charge >= 0.3 is 0 Å². The highest BCUT2D eigenvalue weighted by Crippen LogP contribution is 1.76. The number of hydrogen-bond acceptors (Lipinski definition) is 2. The third-order valence-corrected chi connectivity index (χ3v) is 1.13. The lowest BCUT2D eigenvalue weighted by atomic mass is 10.4. The van der Waals surface area contributed by atoms with Crippen molar-refractivity contribution in [2.75, 3.05) is 20.1 Å². The van der Waals surface area contributed by atoms with E-state index in [0.717, 1.165) is 19.5 Å². The van der Waals surface area contributed by atoms with Crippen molar-refractivity contribution in [3.05, 3.63) is 0 Å². The van der Waals surface area contributed by atoms with Crippen molar-refractivity contribution < 1.29 is 0 Å². The van der Waals surface area contributed by atoms with Crippen LogP contribution in [0.1, 0.15) is 33.1 Å². The molecule has 0 bridgehead atoms. The quantitative estimate of drug-likeness (QED) is 0.588. The molecule has 0 aromatic rings. The maximum atomic E-state index is 5.17. The van der Waals surface area contributed by atoms with Gasteiger partial charge in [-0.15, -0.1) is 0 Å². The van der Waals surface area contributed by atoms with Crippen molar-refractivity contribution in [3.63, 3.8) is 0 Å². The molecule has 0 radical (unpaired) electrons. The van der Waals surface area contributed by atoms with E-state index in [-0.39, 0.29) is 0 Å². The monoisotopic (exact) mass is 146 g/mol. The van der Waals surface area contributed by atoms with Crippen LogP contribution in [-0.2, 0) is 0 Å². The van der Waals surface area contributed by atoms with Crippen molar-refractivity contribution >= 4 is 0 Å². The van der Waals surface area contributed by atoms with Crippen LogP contribution in [0.15, 0.2) is 0 Å². The van der Waals surface area contributed by atoms with Crippen LogP contribution in [0.3, 0.4) is 0 Å². The van der Waals surface area contributed by atoms with Crippen molar-refractivity contribution in [2.45, 2.75) is 33.1 Å². The summed E-state index contributed by atoms with van der Waals surface area (Å²) in [6.07, 6.45) is 3.72. The van der Waals surface area contributed by atoms with Crippen LogP contribution < -0.4 is 11.1 Å². The Labute approximate surface area is 65.2 Å². The van der Waals surface area contributed by atoms with Gasteiger partial charge in [0.1, 0.15) is 0 Å². The van der Waals surface area contributed by atoms with Crippen molar-refractivity contribution in [2.24, 2.45) is 5.73 Å². The minimum Gasteiger partial charge on any atom is -0.330 e. The molecule has 10 heavy (non-hydrogen) atoms. The number of nitrogens with one attached hydrogen (secondary N) is 1. The van der Waals surface area contributed by atoms with Crippen LogP contribution in [0.4, 0.5) is 0 Å². The molecule has 0 aromatic heterocycles. The smallest absolute Gasteiger partial charge is 0.00399 e. The molecule has 2 heteroatoms. The predicted molar refractivity (Wildman–Crippen MR) is 48.2 cm³/mol. The fraction of sp³-hybridized carbons (Fsp3) is 1.00. The molecule has 0 aliphatic carbocycles. The van der Waals surface area contributed by atoms with Gasteiger partial charge in [0.05, 0.1) is 0 Å². The third-order valence-electron chi connectivity index (χ3n) is 1.13. The fourth-order valence-electron chi connectivity index (χ4n) is 0.279. The van der Waals surface area contributed by atoms with Crippen molar-refractivity contribution in [3.8, 4) is 0 Å². The maximum absolute atomic E-state index is 5.17. The van der Waals surface area contributed by atoms with Gasteiger partial charge in [0.2, 0.25) is 0 Å². The number of nitrogens with two attached hydrogens (primary N) is 1. The van der Waals surface area contributed by atoms with E-state index < -0.39 is 0 Å². The summed E-state index contributed by atoms with van der Waals surface area (Å²) in [5.41, 5.74) is 5.17. The molecule has 0 heterocycles. The van der Waals surface area contributed by atoms with Crippen LogP contribution in [0.5, 0.6) is 0 Å². The second kappa shape index (κ2) is 16.0. The highest BCUT2D eigenvalue weighted by atomic mass is 14.8. The van der Waals surface area contributed by atoms with E-state index >= 15 is 0 Å². The van der Waals surface area contributed by atoms with E-state index in [0.29, 0.717) is 0 Å². The van der Waals surface area contributed by atoms with E-state index in [2.05, 4.69) is 19.2 Å². The summed E-state index contributed by atoms with van der Waals surface area (Å²) in [4.78, 5) is 0. The van der Waals surface area contributed by atoms with E-state index in [9.17, 15) is 0 Å². The molecular formula is C8H22N2. The SMILES string of the molecule is CCCC.CNCCCN. The van der Waals surface area contributed by atoms with Crippen molar-refractivity contribution in [1.82, 2.24) is 5.32 Å². The van der Waals surface area contributed by atoms with E-state index in [1.54, 1.807) is 0 Å². The molecule has 0 aliphatic heterocycles. The zero-order valence-electron chi connectivity index (χ0n) is 7.61. The lowest BCUT2D eigenvalue weighted by Crippen LogP contribution is -2.12. The summed E-state index contributed by atoms with van der Waals surface area (Å²) in [5, 5.41) is 2.99. The third kappa shape index (κ3) is 24.7. The normalized spacial score (nSPS) is 8.40. The summed E-state index contributed by atoms with van der Waals surface area (Å²) in [6, 6.07) is 0. The Balaban J connectivity index is 0. The zero-order chi connectivity index (χ0) is 8.24. The Kier molecular flexibility index (Phi) is 20.1. The Morgan fingerprint density at radius 2 is 1.70 bits per heavy atom. The standard InChI is InChI=1S/C4H12N2.C4H10/c1-6-4-2-3-5;1-3-4-2/h6H,2-5H2,1H3;3-4H2,1-2H3. The van der Waals surface area contributed by atoms with E-state index in [1.807, 2.05) is 7.05 Å². The molecule has 0 rings (SSSR count). The Morgan fingerprint density at radius 1 is 1.20 bits per heavy atom. The predicted octanol–water partition coefficient (Wildman–Crippen LogP) is 1.36. The molecule has 3 N–H and O–H groups in total. The molecular weight excluding hydrogens is 124 g/mol. The fourth-order valence-corrected chi connectivity index (χ4v) is 0.279. The van der Waals surface area contributed by atoms with Gasteiger partial charge < -0.3 is 11.1 Å². The summed E-state index contributed by atoms with van der Waals surface area (Å²) in [5.74, 6) is 0. The van der Waals surface area contributed by atoms with Gasteiger partial charge in [0.15, 0.2) is 0 Å². The Morgan fingerprint density at radius 3 is 1.80 bits per heavy atom. The number of hydrogen-bond donors (Lipinski definition) is 2. The largest absolute Gasteiger partial charge is 0.330 e. The molecule has 0 spiro atoms. The van der Waals surface area contributed by atoms with Gasteiger partial charge in [-0.25, -0.2) is 0 Å². The first-order valence-electron chi connectivity index (χ1n) is 4.18. The van der Waals surface area contributed by atoms with Gasteiger partial charge in [-0.3, -0.25) is 0 Å². The van der Waals surface area contributed by atoms with Crippen LogP contribution >= 0.6 is 0 Å². The maximum Gasteiger partial charge on any atom is -0.00399 e. The molecule has 0 atom stereocenters. The first-order valence-corrected chi connectivity index (χ1v) is 4.18. The minimum absolute atomic E-state index is 0.792. The molecule has 0 unspecified atom stereocenters. The Bertz CT molecular complexity index is 32.2. The van der Waals surface area contributed by atoms with Crippen molar-refractivity contribution in [1.29, 1.82) is 0 Å². The lowest BCUT2D eigenvalue weighted by Gasteiger charge is -1.90. The van der Waals surface area contributed by atoms with Gasteiger partial charge in [0.25, 0.3) is 0 Å². The van der Waals surface area contributed by atoms with Crippen LogP contribution in [-0.4, -0.2) is 20.1 Å². The van der Waals surface area contributed by atoms with Gasteiger partial charge in [-0.1, -0.05) is 26.7 Å².